The van der Waals surface area contributed by atoms with Gasteiger partial charge in [-0.15, -0.1) is 0 Å². The van der Waals surface area contributed by atoms with E-state index in [0.717, 1.165) is 18.5 Å². The van der Waals surface area contributed by atoms with Gasteiger partial charge in [-0.05, 0) is 12.8 Å². The smallest absolute Gasteiger partial charge is 0.173 e. The zero-order valence-corrected chi connectivity index (χ0v) is 9.80. The molecule has 88 valence electrons. The van der Waals surface area contributed by atoms with Crippen LogP contribution in [-0.4, -0.2) is 24.9 Å². The summed E-state index contributed by atoms with van der Waals surface area (Å²) < 4.78 is 1.54. The molecule has 0 atom stereocenters. The van der Waals surface area contributed by atoms with E-state index >= 15 is 0 Å². The molecule has 0 saturated heterocycles. The molecular weight excluding hydrogens is 240 g/mol. The predicted molar refractivity (Wildman–Crippen MR) is 62.1 cm³/mol. The van der Waals surface area contributed by atoms with Crippen molar-refractivity contribution in [3.05, 3.63) is 35.0 Å². The van der Waals surface area contributed by atoms with E-state index in [-0.39, 0.29) is 6.61 Å². The van der Waals surface area contributed by atoms with Gasteiger partial charge in [0.25, 0.3) is 0 Å². The van der Waals surface area contributed by atoms with Gasteiger partial charge >= 0.3 is 0 Å². The van der Waals surface area contributed by atoms with Crippen molar-refractivity contribution in [3.8, 4) is 5.82 Å². The van der Waals surface area contributed by atoms with Crippen molar-refractivity contribution in [1.29, 1.82) is 0 Å². The molecule has 0 aliphatic heterocycles. The van der Waals surface area contributed by atoms with Crippen LogP contribution >= 0.6 is 11.6 Å². The Hall–Kier alpha value is -1.46. The highest BCUT2D eigenvalue weighted by Gasteiger charge is 2.31. The molecule has 1 aliphatic rings. The van der Waals surface area contributed by atoms with Gasteiger partial charge in [-0.1, -0.05) is 11.6 Å². The molecule has 1 fully saturated rings. The Balaban J connectivity index is 2.11. The van der Waals surface area contributed by atoms with Crippen molar-refractivity contribution in [2.75, 3.05) is 0 Å². The normalized spacial score (nSPS) is 15.2. The first-order valence-electron chi connectivity index (χ1n) is 5.45. The second kappa shape index (κ2) is 4.09. The zero-order valence-electron chi connectivity index (χ0n) is 9.04. The highest BCUT2D eigenvalue weighted by molar-refractivity contribution is 6.30. The van der Waals surface area contributed by atoms with Gasteiger partial charge in [-0.3, -0.25) is 4.98 Å². The summed E-state index contributed by atoms with van der Waals surface area (Å²) in [6, 6.07) is 0. The molecule has 2 heterocycles. The molecule has 6 heteroatoms. The van der Waals surface area contributed by atoms with Gasteiger partial charge in [0, 0.05) is 23.9 Å². The summed E-state index contributed by atoms with van der Waals surface area (Å²) in [6.07, 6.45) is 7.00. The number of aromatic nitrogens is 4. The quantitative estimate of drug-likeness (QED) is 0.900. The van der Waals surface area contributed by atoms with Gasteiger partial charge in [-0.2, -0.15) is 5.10 Å². The van der Waals surface area contributed by atoms with E-state index < -0.39 is 0 Å². The SMILES string of the molecule is OCc1c(C2CC2)nn(-c2cnccn2)c1Cl. The average Bonchev–Trinajstić information content (AvgIpc) is 3.15. The Kier molecular flexibility index (Phi) is 2.57. The molecule has 2 aromatic rings. The van der Waals surface area contributed by atoms with Gasteiger partial charge in [0.2, 0.25) is 0 Å². The van der Waals surface area contributed by atoms with Gasteiger partial charge in [0.15, 0.2) is 5.82 Å². The monoisotopic (exact) mass is 250 g/mol. The summed E-state index contributed by atoms with van der Waals surface area (Å²) in [5.74, 6) is 1.01. The molecule has 1 aliphatic carbocycles. The van der Waals surface area contributed by atoms with Gasteiger partial charge in [0.05, 0.1) is 18.5 Å². The Morgan fingerprint density at radius 2 is 2.24 bits per heavy atom. The molecule has 0 amide bonds. The third-order valence-corrected chi connectivity index (χ3v) is 3.23. The Bertz CT molecular complexity index is 536. The van der Waals surface area contributed by atoms with Crippen LogP contribution in [0.3, 0.4) is 0 Å². The van der Waals surface area contributed by atoms with Gasteiger partial charge in [-0.25, -0.2) is 9.67 Å². The van der Waals surface area contributed by atoms with E-state index in [0.29, 0.717) is 22.5 Å². The molecule has 0 unspecified atom stereocenters. The van der Waals surface area contributed by atoms with Gasteiger partial charge < -0.3 is 5.11 Å². The molecular formula is C11H11ClN4O. The first-order valence-corrected chi connectivity index (χ1v) is 5.83. The number of aliphatic hydroxyl groups is 1. The fourth-order valence-corrected chi connectivity index (χ4v) is 2.11. The lowest BCUT2D eigenvalue weighted by molar-refractivity contribution is 0.280. The summed E-state index contributed by atoms with van der Waals surface area (Å²) >= 11 is 6.21. The number of hydrogen-bond donors (Lipinski definition) is 1. The molecule has 3 rings (SSSR count). The Morgan fingerprint density at radius 1 is 1.41 bits per heavy atom. The molecule has 0 radical (unpaired) electrons. The van der Waals surface area contributed by atoms with Crippen LogP contribution in [0.15, 0.2) is 18.6 Å². The van der Waals surface area contributed by atoms with Crippen LogP contribution in [0.2, 0.25) is 5.15 Å². The lowest BCUT2D eigenvalue weighted by Crippen LogP contribution is -2.00. The van der Waals surface area contributed by atoms with Crippen LogP contribution in [0.5, 0.6) is 0 Å². The lowest BCUT2D eigenvalue weighted by Gasteiger charge is -2.00. The summed E-state index contributed by atoms with van der Waals surface area (Å²) in [5.41, 5.74) is 1.60. The van der Waals surface area contributed by atoms with E-state index in [1.165, 1.54) is 4.68 Å². The molecule has 1 saturated carbocycles. The number of aliphatic hydroxyl groups excluding tert-OH is 1. The van der Waals surface area contributed by atoms with Crippen molar-refractivity contribution in [3.63, 3.8) is 0 Å². The summed E-state index contributed by atoms with van der Waals surface area (Å²) in [5, 5.41) is 14.2. The minimum atomic E-state index is -0.0923. The van der Waals surface area contributed by atoms with E-state index in [1.807, 2.05) is 0 Å². The maximum Gasteiger partial charge on any atom is 0.173 e. The molecule has 0 aromatic carbocycles. The first kappa shape index (κ1) is 10.7. The Morgan fingerprint density at radius 3 is 2.82 bits per heavy atom. The van der Waals surface area contributed by atoms with Crippen LogP contribution in [0.1, 0.15) is 30.0 Å². The third-order valence-electron chi connectivity index (χ3n) is 2.84. The number of hydrogen-bond acceptors (Lipinski definition) is 4. The maximum atomic E-state index is 9.36. The largest absolute Gasteiger partial charge is 0.391 e. The second-order valence-electron chi connectivity index (χ2n) is 4.06. The first-order chi connectivity index (χ1) is 8.31. The van der Waals surface area contributed by atoms with Crippen LogP contribution in [0.25, 0.3) is 5.82 Å². The number of rotatable bonds is 3. The molecule has 1 N–H and O–H groups in total. The summed E-state index contributed by atoms with van der Waals surface area (Å²) in [4.78, 5) is 8.13. The highest BCUT2D eigenvalue weighted by Crippen LogP contribution is 2.42. The molecule has 17 heavy (non-hydrogen) atoms. The third kappa shape index (κ3) is 1.81. The van der Waals surface area contributed by atoms with Gasteiger partial charge in [0.1, 0.15) is 5.15 Å². The Labute approximate surface area is 103 Å². The van der Waals surface area contributed by atoms with Crippen molar-refractivity contribution in [2.45, 2.75) is 25.4 Å². The van der Waals surface area contributed by atoms with Crippen molar-refractivity contribution in [1.82, 2.24) is 19.7 Å². The van der Waals surface area contributed by atoms with Crippen LogP contribution < -0.4 is 0 Å². The fourth-order valence-electron chi connectivity index (χ4n) is 1.83. The minimum Gasteiger partial charge on any atom is -0.391 e. The highest BCUT2D eigenvalue weighted by atomic mass is 35.5. The summed E-state index contributed by atoms with van der Waals surface area (Å²) in [6.45, 7) is -0.0923. The average molecular weight is 251 g/mol. The molecule has 2 aromatic heterocycles. The van der Waals surface area contributed by atoms with Crippen LogP contribution in [0.4, 0.5) is 0 Å². The lowest BCUT2D eigenvalue weighted by atomic mass is 10.2. The fraction of sp³-hybridized carbons (Fsp3) is 0.364. The molecule has 0 bridgehead atoms. The topological polar surface area (TPSA) is 63.8 Å². The van der Waals surface area contributed by atoms with Crippen LogP contribution in [0, 0.1) is 0 Å². The molecule has 5 nitrogen and oxygen atoms in total. The summed E-state index contributed by atoms with van der Waals surface area (Å²) in [7, 11) is 0. The van der Waals surface area contributed by atoms with E-state index in [9.17, 15) is 5.11 Å². The van der Waals surface area contributed by atoms with Crippen molar-refractivity contribution < 1.29 is 5.11 Å². The maximum absolute atomic E-state index is 9.36. The number of halogens is 1. The standard InChI is InChI=1S/C11H11ClN4O/c12-11-8(6-17)10(7-1-2-7)15-16(11)9-5-13-3-4-14-9/h3-5,7,17H,1-2,6H2. The van der Waals surface area contributed by atoms with Crippen molar-refractivity contribution >= 4 is 11.6 Å². The van der Waals surface area contributed by atoms with Crippen molar-refractivity contribution in [2.24, 2.45) is 0 Å². The van der Waals surface area contributed by atoms with Crippen LogP contribution in [-0.2, 0) is 6.61 Å². The second-order valence-corrected chi connectivity index (χ2v) is 4.42. The van der Waals surface area contributed by atoms with E-state index in [1.54, 1.807) is 18.6 Å². The van der Waals surface area contributed by atoms with E-state index in [4.69, 9.17) is 11.6 Å². The molecule has 0 spiro atoms. The van der Waals surface area contributed by atoms with E-state index in [2.05, 4.69) is 15.1 Å². The zero-order chi connectivity index (χ0) is 11.8. The number of nitrogens with zero attached hydrogens (tertiary/aromatic N) is 4. The minimum absolute atomic E-state index is 0.0923. The predicted octanol–water partition coefficient (Wildman–Crippen LogP) is 1.69.